The Balaban J connectivity index is 0.00000171. The Labute approximate surface area is 206 Å². The Morgan fingerprint density at radius 1 is 0.677 bits per heavy atom. The van der Waals surface area contributed by atoms with Crippen LogP contribution in [0.15, 0.2) is 89.4 Å². The molecule has 3 nitrogen and oxygen atoms in total. The quantitative estimate of drug-likeness (QED) is 0.446. The van der Waals surface area contributed by atoms with Gasteiger partial charge in [0.15, 0.2) is 0 Å². The lowest BCUT2D eigenvalue weighted by molar-refractivity contribution is 0.0623. The maximum atomic E-state index is 10.6. The van der Waals surface area contributed by atoms with E-state index in [9.17, 15) is 5.11 Å². The van der Waals surface area contributed by atoms with Crippen LogP contribution in [0.25, 0.3) is 0 Å². The van der Waals surface area contributed by atoms with E-state index in [4.69, 9.17) is 0 Å². The molecule has 1 saturated heterocycles. The van der Waals surface area contributed by atoms with E-state index in [1.165, 1.54) is 11.1 Å². The van der Waals surface area contributed by atoms with Gasteiger partial charge in [0.2, 0.25) is 0 Å². The van der Waals surface area contributed by atoms with Crippen molar-refractivity contribution in [3.8, 4) is 0 Å². The molecule has 0 radical (unpaired) electrons. The van der Waals surface area contributed by atoms with Crippen LogP contribution < -0.4 is 0 Å². The number of benzene rings is 3. The van der Waals surface area contributed by atoms with Gasteiger partial charge in [-0.05, 0) is 28.8 Å². The van der Waals surface area contributed by atoms with Gasteiger partial charge in [-0.15, -0.1) is 24.8 Å². The van der Waals surface area contributed by atoms with Gasteiger partial charge in [0.1, 0.15) is 0 Å². The molecule has 31 heavy (non-hydrogen) atoms. The zero-order valence-electron chi connectivity index (χ0n) is 17.3. The van der Waals surface area contributed by atoms with Gasteiger partial charge in [-0.2, -0.15) is 0 Å². The third-order valence-electron chi connectivity index (χ3n) is 5.69. The topological polar surface area (TPSA) is 26.7 Å². The van der Waals surface area contributed by atoms with Crippen molar-refractivity contribution >= 4 is 40.7 Å². The molecule has 3 aromatic carbocycles. The van der Waals surface area contributed by atoms with Crippen molar-refractivity contribution < 1.29 is 5.11 Å². The number of piperazine rings is 1. The molecule has 0 amide bonds. The molecule has 1 fully saturated rings. The van der Waals surface area contributed by atoms with Gasteiger partial charge in [-0.3, -0.25) is 9.80 Å². The molecule has 3 aromatic rings. The van der Waals surface area contributed by atoms with E-state index in [0.717, 1.165) is 36.2 Å². The van der Waals surface area contributed by atoms with Gasteiger partial charge in [0.05, 0.1) is 12.1 Å². The summed E-state index contributed by atoms with van der Waals surface area (Å²) in [7, 11) is 0. The van der Waals surface area contributed by atoms with Gasteiger partial charge in [0.25, 0.3) is 0 Å². The molecule has 6 heteroatoms. The van der Waals surface area contributed by atoms with Crippen molar-refractivity contribution in [1.29, 1.82) is 0 Å². The summed E-state index contributed by atoms with van der Waals surface area (Å²) in [4.78, 5) is 4.93. The first kappa shape index (κ1) is 25.9. The summed E-state index contributed by atoms with van der Waals surface area (Å²) < 4.78 is 1.04. The number of hydrogen-bond acceptors (Lipinski definition) is 3. The summed E-state index contributed by atoms with van der Waals surface area (Å²) in [6.45, 7) is 4.58. The second-order valence-electron chi connectivity index (χ2n) is 7.63. The molecular formula is C25H29BrCl2N2O. The Morgan fingerprint density at radius 2 is 1.16 bits per heavy atom. The van der Waals surface area contributed by atoms with E-state index >= 15 is 0 Å². The summed E-state index contributed by atoms with van der Waals surface area (Å²) in [5, 5.41) is 10.6. The monoisotopic (exact) mass is 522 g/mol. The van der Waals surface area contributed by atoms with Crippen molar-refractivity contribution in [3.05, 3.63) is 106 Å². The van der Waals surface area contributed by atoms with E-state index in [1.54, 1.807) is 0 Å². The average molecular weight is 524 g/mol. The first-order chi connectivity index (χ1) is 14.2. The minimum Gasteiger partial charge on any atom is -0.387 e. The Bertz CT molecular complexity index is 849. The molecule has 1 N–H and O–H groups in total. The molecule has 0 aromatic heterocycles. The van der Waals surface area contributed by atoms with E-state index < -0.39 is 6.10 Å². The molecule has 0 spiro atoms. The molecule has 4 rings (SSSR count). The van der Waals surface area contributed by atoms with Crippen LogP contribution in [0.4, 0.5) is 0 Å². The molecule has 166 valence electrons. The lowest BCUT2D eigenvalue weighted by Crippen LogP contribution is -2.48. The number of rotatable bonds is 6. The maximum Gasteiger partial charge on any atom is 0.0916 e. The first-order valence-corrected chi connectivity index (χ1v) is 11.0. The van der Waals surface area contributed by atoms with Crippen LogP contribution in [0.5, 0.6) is 0 Å². The minimum atomic E-state index is -0.450. The Morgan fingerprint density at radius 3 is 1.65 bits per heavy atom. The average Bonchev–Trinajstić information content (AvgIpc) is 2.77. The van der Waals surface area contributed by atoms with Crippen LogP contribution in [0.2, 0.25) is 0 Å². The fraction of sp³-hybridized carbons (Fsp3) is 0.280. The molecule has 1 heterocycles. The van der Waals surface area contributed by atoms with Crippen LogP contribution in [-0.4, -0.2) is 47.6 Å². The number of aliphatic hydroxyl groups excluding tert-OH is 1. The lowest BCUT2D eigenvalue weighted by atomic mass is 9.96. The summed E-state index contributed by atoms with van der Waals surface area (Å²) in [6.07, 6.45) is -0.450. The van der Waals surface area contributed by atoms with Crippen LogP contribution in [0, 0.1) is 0 Å². The van der Waals surface area contributed by atoms with E-state index in [-0.39, 0.29) is 30.9 Å². The number of aliphatic hydroxyl groups is 1. The van der Waals surface area contributed by atoms with Crippen LogP contribution in [0.3, 0.4) is 0 Å². The second-order valence-corrected chi connectivity index (χ2v) is 8.54. The standard InChI is InChI=1S/C25H27BrN2O.2ClH/c26-23-13-11-20(12-14-23)24(29)19-27-15-17-28(18-16-27)25(21-7-3-1-4-8-21)22-9-5-2-6-10-22;;/h1-14,24-25,29H,15-19H2;2*1H. The SMILES string of the molecule is Cl.Cl.OC(CN1CCN(C(c2ccccc2)c2ccccc2)CC1)c1ccc(Br)cc1. The third-order valence-corrected chi connectivity index (χ3v) is 6.22. The highest BCUT2D eigenvalue weighted by atomic mass is 79.9. The largest absolute Gasteiger partial charge is 0.387 e. The van der Waals surface area contributed by atoms with Crippen molar-refractivity contribution in [2.45, 2.75) is 12.1 Å². The van der Waals surface area contributed by atoms with E-state index in [1.807, 2.05) is 24.3 Å². The highest BCUT2D eigenvalue weighted by molar-refractivity contribution is 9.10. The van der Waals surface area contributed by atoms with E-state index in [0.29, 0.717) is 6.54 Å². The number of nitrogens with zero attached hydrogens (tertiary/aromatic N) is 2. The van der Waals surface area contributed by atoms with Gasteiger partial charge in [-0.1, -0.05) is 88.7 Å². The first-order valence-electron chi connectivity index (χ1n) is 10.2. The molecule has 0 aliphatic carbocycles. The number of β-amino-alcohol motifs (C(OH)–C–C–N with tert-alkyl or cyclic N) is 1. The van der Waals surface area contributed by atoms with Gasteiger partial charge < -0.3 is 5.11 Å². The normalized spacial score (nSPS) is 15.7. The van der Waals surface area contributed by atoms with Crippen LogP contribution in [0.1, 0.15) is 28.8 Å². The fourth-order valence-corrected chi connectivity index (χ4v) is 4.39. The van der Waals surface area contributed by atoms with E-state index in [2.05, 4.69) is 86.4 Å². The predicted octanol–water partition coefficient (Wildman–Crippen LogP) is 5.73. The van der Waals surface area contributed by atoms with Gasteiger partial charge in [-0.25, -0.2) is 0 Å². The smallest absolute Gasteiger partial charge is 0.0916 e. The third kappa shape index (κ3) is 6.79. The van der Waals surface area contributed by atoms with Crippen molar-refractivity contribution in [3.63, 3.8) is 0 Å². The van der Waals surface area contributed by atoms with Crippen molar-refractivity contribution in [2.24, 2.45) is 0 Å². The Kier molecular flexibility index (Phi) is 10.5. The zero-order valence-corrected chi connectivity index (χ0v) is 20.5. The molecule has 1 aliphatic rings. The summed E-state index contributed by atoms with van der Waals surface area (Å²) >= 11 is 3.45. The number of halogens is 3. The van der Waals surface area contributed by atoms with Gasteiger partial charge in [0, 0.05) is 37.2 Å². The minimum absolute atomic E-state index is 0. The van der Waals surface area contributed by atoms with Crippen LogP contribution in [-0.2, 0) is 0 Å². The lowest BCUT2D eigenvalue weighted by Gasteiger charge is -2.40. The highest BCUT2D eigenvalue weighted by Crippen LogP contribution is 2.29. The van der Waals surface area contributed by atoms with Crippen molar-refractivity contribution in [2.75, 3.05) is 32.7 Å². The van der Waals surface area contributed by atoms with Gasteiger partial charge >= 0.3 is 0 Å². The zero-order chi connectivity index (χ0) is 20.1. The molecule has 1 unspecified atom stereocenters. The molecule has 0 saturated carbocycles. The highest BCUT2D eigenvalue weighted by Gasteiger charge is 2.27. The molecule has 1 aliphatic heterocycles. The molecule has 0 bridgehead atoms. The second kappa shape index (κ2) is 12.6. The predicted molar refractivity (Wildman–Crippen MR) is 136 cm³/mol. The summed E-state index contributed by atoms with van der Waals surface area (Å²) in [5.74, 6) is 0. The summed E-state index contributed by atoms with van der Waals surface area (Å²) in [5.41, 5.74) is 3.64. The fourth-order valence-electron chi connectivity index (χ4n) is 4.12. The van der Waals surface area contributed by atoms with Crippen LogP contribution >= 0.6 is 40.7 Å². The Hall–Kier alpha value is -1.40. The number of hydrogen-bond donors (Lipinski definition) is 1. The molecule has 1 atom stereocenters. The molecular weight excluding hydrogens is 495 g/mol. The summed E-state index contributed by atoms with van der Waals surface area (Å²) in [6, 6.07) is 29.8. The van der Waals surface area contributed by atoms with Crippen molar-refractivity contribution in [1.82, 2.24) is 9.80 Å². The maximum absolute atomic E-state index is 10.6.